The quantitative estimate of drug-likeness (QED) is 0.263. The fraction of sp³-hybridized carbons (Fsp3) is 0.143. The van der Waals surface area contributed by atoms with Crippen LogP contribution in [0.25, 0.3) is 0 Å². The highest BCUT2D eigenvalue weighted by molar-refractivity contribution is 5.89. The van der Waals surface area contributed by atoms with E-state index in [1.807, 2.05) is 0 Å². The van der Waals surface area contributed by atoms with Gasteiger partial charge in [0.2, 0.25) is 0 Å². The van der Waals surface area contributed by atoms with E-state index >= 15 is 0 Å². The highest BCUT2D eigenvalue weighted by atomic mass is 19.4. The number of hydrogen-bond acceptors (Lipinski definition) is 2. The highest BCUT2D eigenvalue weighted by Crippen LogP contribution is 2.56. The predicted molar refractivity (Wildman–Crippen MR) is 96.2 cm³/mol. The van der Waals surface area contributed by atoms with Crippen LogP contribution in [-0.4, -0.2) is 0 Å². The lowest BCUT2D eigenvalue weighted by atomic mass is 9.98. The van der Waals surface area contributed by atoms with Gasteiger partial charge in [-0.1, -0.05) is 24.3 Å². The zero-order chi connectivity index (χ0) is 23.5. The molecule has 0 radical (unpaired) electrons. The van der Waals surface area contributed by atoms with E-state index in [-0.39, 0.29) is 35.0 Å². The molecule has 0 fully saturated rings. The van der Waals surface area contributed by atoms with Crippen LogP contribution in [0.1, 0.15) is 16.7 Å². The van der Waals surface area contributed by atoms with Crippen molar-refractivity contribution in [3.05, 3.63) is 77.4 Å². The molecule has 0 bridgehead atoms. The second-order valence-electron chi connectivity index (χ2n) is 6.79. The monoisotopic (exact) mass is 463 g/mol. The van der Waals surface area contributed by atoms with Crippen LogP contribution < -0.4 is 9.64 Å². The molecule has 4 rings (SSSR count). The first-order valence-corrected chi connectivity index (χ1v) is 8.84. The van der Waals surface area contributed by atoms with Crippen molar-refractivity contribution in [3.63, 3.8) is 0 Å². The third-order valence-corrected chi connectivity index (χ3v) is 4.70. The Morgan fingerprint density at radius 1 is 0.562 bits per heavy atom. The van der Waals surface area contributed by atoms with E-state index in [0.717, 1.165) is 0 Å². The molecular weight excluding hydrogens is 453 g/mol. The molecule has 1 aliphatic rings. The summed E-state index contributed by atoms with van der Waals surface area (Å²) in [5.74, 6) is -0.125. The van der Waals surface area contributed by atoms with Gasteiger partial charge in [-0.05, 0) is 36.4 Å². The lowest BCUT2D eigenvalue weighted by molar-refractivity contribution is -0.147. The second kappa shape index (κ2) is 7.07. The molecule has 0 saturated carbocycles. The molecule has 3 aromatic carbocycles. The van der Waals surface area contributed by atoms with Gasteiger partial charge in [0, 0.05) is 0 Å². The molecule has 1 heterocycles. The van der Waals surface area contributed by atoms with Crippen LogP contribution in [0.2, 0.25) is 0 Å². The zero-order valence-electron chi connectivity index (χ0n) is 15.5. The maximum absolute atomic E-state index is 13.9. The Hall–Kier alpha value is -3.37. The SMILES string of the molecule is FC(F)(F)c1cc(C(F)(F)F)c(N2c3ccccc3Oc3ccccc32)c(C(F)(F)F)c1. The average molecular weight is 463 g/mol. The molecule has 168 valence electrons. The van der Waals surface area contributed by atoms with E-state index in [1.165, 1.54) is 48.5 Å². The van der Waals surface area contributed by atoms with Crippen molar-refractivity contribution < 1.29 is 44.3 Å². The summed E-state index contributed by atoms with van der Waals surface area (Å²) in [6.07, 6.45) is -16.5. The summed E-state index contributed by atoms with van der Waals surface area (Å²) in [5.41, 5.74) is -8.07. The first kappa shape index (κ1) is 21.8. The standard InChI is InChI=1S/C21H10F9NO/c22-19(23,24)11-9-12(20(25,26)27)18(13(10-11)21(28,29)30)31-14-5-1-3-7-16(14)32-17-8-4-2-6-15(17)31/h1-10H. The number of nitrogens with zero attached hydrogens (tertiary/aromatic N) is 1. The average Bonchev–Trinajstić information content (AvgIpc) is 2.69. The molecule has 0 atom stereocenters. The molecular formula is C21H10F9NO. The first-order chi connectivity index (χ1) is 14.8. The molecule has 0 amide bonds. The molecule has 11 heteroatoms. The van der Waals surface area contributed by atoms with Crippen molar-refractivity contribution in [1.82, 2.24) is 0 Å². The van der Waals surface area contributed by atoms with Gasteiger partial charge in [-0.15, -0.1) is 0 Å². The van der Waals surface area contributed by atoms with E-state index in [0.29, 0.717) is 4.90 Å². The van der Waals surface area contributed by atoms with Crippen LogP contribution in [0, 0.1) is 0 Å². The van der Waals surface area contributed by atoms with Gasteiger partial charge in [0.1, 0.15) is 0 Å². The number of alkyl halides is 9. The molecule has 0 aliphatic carbocycles. The van der Waals surface area contributed by atoms with Gasteiger partial charge in [0.05, 0.1) is 33.8 Å². The van der Waals surface area contributed by atoms with Gasteiger partial charge in [0.15, 0.2) is 11.5 Å². The van der Waals surface area contributed by atoms with Gasteiger partial charge >= 0.3 is 18.5 Å². The van der Waals surface area contributed by atoms with Gasteiger partial charge in [-0.2, -0.15) is 39.5 Å². The summed E-state index contributed by atoms with van der Waals surface area (Å²) in [6, 6.07) is 10.1. The second-order valence-corrected chi connectivity index (χ2v) is 6.79. The lowest BCUT2D eigenvalue weighted by Crippen LogP contribution is -2.25. The smallest absolute Gasteiger partial charge is 0.418 e. The first-order valence-electron chi connectivity index (χ1n) is 8.84. The molecule has 32 heavy (non-hydrogen) atoms. The van der Waals surface area contributed by atoms with Crippen LogP contribution in [-0.2, 0) is 18.5 Å². The van der Waals surface area contributed by atoms with E-state index in [2.05, 4.69) is 0 Å². The van der Waals surface area contributed by atoms with Crippen LogP contribution in [0.3, 0.4) is 0 Å². The molecule has 0 aromatic heterocycles. The number of fused-ring (bicyclic) bond motifs is 2. The summed E-state index contributed by atoms with van der Waals surface area (Å²) >= 11 is 0. The number of para-hydroxylation sites is 4. The summed E-state index contributed by atoms with van der Waals surface area (Å²) in [6.45, 7) is 0. The Kier molecular flexibility index (Phi) is 4.83. The van der Waals surface area contributed by atoms with Gasteiger partial charge in [0.25, 0.3) is 0 Å². The summed E-state index contributed by atoms with van der Waals surface area (Å²) in [5, 5.41) is 0. The maximum atomic E-state index is 13.9. The number of rotatable bonds is 1. The van der Waals surface area contributed by atoms with E-state index < -0.39 is 40.9 Å². The normalized spacial score (nSPS) is 14.0. The largest absolute Gasteiger partial charge is 0.453 e. The lowest BCUT2D eigenvalue weighted by Gasteiger charge is -2.36. The highest BCUT2D eigenvalue weighted by Gasteiger charge is 2.47. The Labute approximate surface area is 174 Å². The fourth-order valence-corrected chi connectivity index (χ4v) is 3.42. The van der Waals surface area contributed by atoms with Gasteiger partial charge in [-0.25, -0.2) is 0 Å². The minimum atomic E-state index is -5.53. The number of ether oxygens (including phenoxy) is 1. The van der Waals surface area contributed by atoms with E-state index in [4.69, 9.17) is 4.74 Å². The molecule has 0 spiro atoms. The van der Waals surface area contributed by atoms with Crippen molar-refractivity contribution in [2.45, 2.75) is 18.5 Å². The Morgan fingerprint density at radius 3 is 1.34 bits per heavy atom. The maximum Gasteiger partial charge on any atom is 0.418 e. The Morgan fingerprint density at radius 2 is 0.969 bits per heavy atom. The van der Waals surface area contributed by atoms with Crippen molar-refractivity contribution in [2.75, 3.05) is 4.90 Å². The third kappa shape index (κ3) is 3.71. The Balaban J connectivity index is 2.15. The zero-order valence-corrected chi connectivity index (χ0v) is 15.5. The molecule has 3 aromatic rings. The summed E-state index contributed by atoms with van der Waals surface area (Å²) in [7, 11) is 0. The van der Waals surface area contributed by atoms with Crippen molar-refractivity contribution in [2.24, 2.45) is 0 Å². The molecule has 0 N–H and O–H groups in total. The number of anilines is 3. The van der Waals surface area contributed by atoms with Gasteiger partial charge in [-0.3, -0.25) is 0 Å². The molecule has 0 saturated heterocycles. The van der Waals surface area contributed by atoms with Crippen LogP contribution in [0.15, 0.2) is 60.7 Å². The molecule has 2 nitrogen and oxygen atoms in total. The van der Waals surface area contributed by atoms with Crippen LogP contribution in [0.4, 0.5) is 56.6 Å². The number of hydrogen-bond donors (Lipinski definition) is 0. The van der Waals surface area contributed by atoms with Gasteiger partial charge < -0.3 is 9.64 Å². The molecule has 1 aliphatic heterocycles. The minimum Gasteiger partial charge on any atom is -0.453 e. The third-order valence-electron chi connectivity index (χ3n) is 4.70. The van der Waals surface area contributed by atoms with Crippen molar-refractivity contribution >= 4 is 17.1 Å². The predicted octanol–water partition coefficient (Wildman–Crippen LogP) is 8.32. The summed E-state index contributed by atoms with van der Waals surface area (Å²) < 4.78 is 129. The molecule has 0 unspecified atom stereocenters. The van der Waals surface area contributed by atoms with Crippen molar-refractivity contribution in [3.8, 4) is 11.5 Å². The van der Waals surface area contributed by atoms with Crippen LogP contribution in [0.5, 0.6) is 11.5 Å². The van der Waals surface area contributed by atoms with Crippen molar-refractivity contribution in [1.29, 1.82) is 0 Å². The van der Waals surface area contributed by atoms with Crippen LogP contribution >= 0.6 is 0 Å². The fourth-order valence-electron chi connectivity index (χ4n) is 3.42. The number of halogens is 9. The summed E-state index contributed by atoms with van der Waals surface area (Å²) in [4.78, 5) is 0.625. The van der Waals surface area contributed by atoms with E-state index in [1.54, 1.807) is 0 Å². The Bertz CT molecular complexity index is 1100. The number of benzene rings is 3. The van der Waals surface area contributed by atoms with E-state index in [9.17, 15) is 39.5 Å². The topological polar surface area (TPSA) is 12.5 Å². The minimum absolute atomic E-state index is 0.0626.